The minimum atomic E-state index is -1.21. The number of nitrogen functional groups attached to an aromatic ring is 1. The zero-order valence-electron chi connectivity index (χ0n) is 13.0. The van der Waals surface area contributed by atoms with Crippen LogP contribution in [0.2, 0.25) is 0 Å². The van der Waals surface area contributed by atoms with Gasteiger partial charge in [0.05, 0.1) is 0 Å². The number of carboxylic acid groups (broad SMARTS) is 1. The molecule has 0 unspecified atom stereocenters. The highest BCUT2D eigenvalue weighted by Crippen LogP contribution is 2.24. The number of nitrogens with two attached hydrogens (primary N) is 1. The summed E-state index contributed by atoms with van der Waals surface area (Å²) in [4.78, 5) is 44.7. The summed E-state index contributed by atoms with van der Waals surface area (Å²) >= 11 is 1.13. The van der Waals surface area contributed by atoms with Crippen LogP contribution in [0.5, 0.6) is 0 Å². The molecule has 0 aromatic carbocycles. The van der Waals surface area contributed by atoms with Crippen LogP contribution >= 0.6 is 11.3 Å². The molecule has 132 valence electrons. The number of rotatable bonds is 5. The number of hydrazine groups is 1. The molecular weight excluding hydrogens is 352 g/mol. The Morgan fingerprint density at radius 2 is 2.32 bits per heavy atom. The molecule has 4 N–H and O–H groups in total. The predicted molar refractivity (Wildman–Crippen MR) is 86.1 cm³/mol. The molecular formula is C13H14N6O5S. The minimum Gasteiger partial charge on any atom is -0.477 e. The van der Waals surface area contributed by atoms with Crippen molar-refractivity contribution in [3.05, 3.63) is 22.8 Å². The first-order chi connectivity index (χ1) is 11.9. The SMILES string of the molecule is CO/N=C(\C(=O)N[C@H]1CN2CC=C(C(=O)O)N2C1=O)c1csc(N)n1. The first kappa shape index (κ1) is 16.9. The molecule has 12 heteroatoms. The maximum absolute atomic E-state index is 12.5. The van der Waals surface area contributed by atoms with E-state index in [2.05, 4.69) is 20.3 Å². The van der Waals surface area contributed by atoms with Crippen molar-refractivity contribution in [1.29, 1.82) is 0 Å². The van der Waals surface area contributed by atoms with Gasteiger partial charge in [-0.2, -0.15) is 0 Å². The van der Waals surface area contributed by atoms with Gasteiger partial charge in [0, 0.05) is 18.5 Å². The highest BCUT2D eigenvalue weighted by molar-refractivity contribution is 7.13. The predicted octanol–water partition coefficient (Wildman–Crippen LogP) is -1.40. The third-order valence-corrected chi connectivity index (χ3v) is 4.27. The van der Waals surface area contributed by atoms with E-state index < -0.39 is 23.8 Å². The molecule has 0 bridgehead atoms. The molecule has 1 fully saturated rings. The molecule has 0 aliphatic carbocycles. The van der Waals surface area contributed by atoms with Crippen LogP contribution in [0.3, 0.4) is 0 Å². The van der Waals surface area contributed by atoms with Crippen LogP contribution in [-0.2, 0) is 19.2 Å². The van der Waals surface area contributed by atoms with Gasteiger partial charge in [0.2, 0.25) is 0 Å². The molecule has 3 rings (SSSR count). The summed E-state index contributed by atoms with van der Waals surface area (Å²) in [5.41, 5.74) is 5.53. The van der Waals surface area contributed by atoms with Gasteiger partial charge in [-0.25, -0.2) is 19.8 Å². The second-order valence-corrected chi connectivity index (χ2v) is 6.03. The topological polar surface area (TPSA) is 150 Å². The van der Waals surface area contributed by atoms with Crippen LogP contribution in [0.4, 0.5) is 5.13 Å². The number of amides is 2. The summed E-state index contributed by atoms with van der Waals surface area (Å²) < 4.78 is 0. The fraction of sp³-hybridized carbons (Fsp3) is 0.308. The summed E-state index contributed by atoms with van der Waals surface area (Å²) in [6.07, 6.45) is 1.44. The normalized spacial score (nSPS) is 20.4. The molecule has 0 saturated carbocycles. The zero-order chi connectivity index (χ0) is 18.1. The van der Waals surface area contributed by atoms with Gasteiger partial charge in [0.15, 0.2) is 10.8 Å². The molecule has 1 aromatic heterocycles. The lowest BCUT2D eigenvalue weighted by Gasteiger charge is -2.19. The lowest BCUT2D eigenvalue weighted by Crippen LogP contribution is -2.45. The van der Waals surface area contributed by atoms with E-state index in [9.17, 15) is 14.4 Å². The van der Waals surface area contributed by atoms with E-state index >= 15 is 0 Å². The van der Waals surface area contributed by atoms with Crippen molar-refractivity contribution in [3.63, 3.8) is 0 Å². The fourth-order valence-corrected chi connectivity index (χ4v) is 3.11. The minimum absolute atomic E-state index is 0.125. The molecule has 11 nitrogen and oxygen atoms in total. The highest BCUT2D eigenvalue weighted by Gasteiger charge is 2.45. The van der Waals surface area contributed by atoms with Crippen molar-refractivity contribution in [2.24, 2.45) is 5.16 Å². The third-order valence-electron chi connectivity index (χ3n) is 3.59. The summed E-state index contributed by atoms with van der Waals surface area (Å²) in [5.74, 6) is -2.41. The van der Waals surface area contributed by atoms with E-state index in [1.165, 1.54) is 23.6 Å². The molecule has 0 spiro atoms. The number of carbonyl (C=O) groups is 3. The lowest BCUT2D eigenvalue weighted by molar-refractivity contribution is -0.143. The number of aromatic nitrogens is 1. The van der Waals surface area contributed by atoms with Crippen molar-refractivity contribution in [1.82, 2.24) is 20.3 Å². The molecule has 1 atom stereocenters. The van der Waals surface area contributed by atoms with Crippen LogP contribution < -0.4 is 11.1 Å². The van der Waals surface area contributed by atoms with Gasteiger partial charge in [-0.1, -0.05) is 5.16 Å². The Bertz CT molecular complexity index is 803. The van der Waals surface area contributed by atoms with Gasteiger partial charge < -0.3 is 21.0 Å². The van der Waals surface area contributed by atoms with Crippen LogP contribution in [0, 0.1) is 0 Å². The van der Waals surface area contributed by atoms with Crippen LogP contribution in [0.15, 0.2) is 22.3 Å². The van der Waals surface area contributed by atoms with E-state index in [-0.39, 0.29) is 35.3 Å². The number of carbonyl (C=O) groups excluding carboxylic acids is 2. The standard InChI is InChI=1S/C13H14N6O5S/c1-24-17-9(7-5-25-13(14)16-7)10(20)15-6-4-18-3-2-8(12(22)23)19(18)11(6)21/h2,5-6H,3-4H2,1H3,(H2,14,16)(H,15,20)(H,22,23)/b17-9-/t6-/m0/s1. The monoisotopic (exact) mass is 366 g/mol. The number of nitrogens with zero attached hydrogens (tertiary/aromatic N) is 4. The van der Waals surface area contributed by atoms with Gasteiger partial charge in [0.25, 0.3) is 11.8 Å². The molecule has 0 radical (unpaired) electrons. The molecule has 1 aromatic rings. The van der Waals surface area contributed by atoms with Crippen molar-refractivity contribution < 1.29 is 24.3 Å². The van der Waals surface area contributed by atoms with E-state index in [1.807, 2.05) is 0 Å². The second kappa shape index (κ2) is 6.49. The molecule has 25 heavy (non-hydrogen) atoms. The molecule has 2 amide bonds. The Balaban J connectivity index is 1.75. The van der Waals surface area contributed by atoms with Crippen molar-refractivity contribution in [2.75, 3.05) is 25.9 Å². The highest BCUT2D eigenvalue weighted by atomic mass is 32.1. The Morgan fingerprint density at radius 1 is 1.56 bits per heavy atom. The van der Waals surface area contributed by atoms with E-state index in [0.717, 1.165) is 16.3 Å². The fourth-order valence-electron chi connectivity index (χ4n) is 2.57. The number of hydrogen-bond donors (Lipinski definition) is 3. The first-order valence-electron chi connectivity index (χ1n) is 7.08. The van der Waals surface area contributed by atoms with Crippen LogP contribution in [-0.4, -0.2) is 69.8 Å². The average molecular weight is 366 g/mol. The Morgan fingerprint density at radius 3 is 2.92 bits per heavy atom. The quantitative estimate of drug-likeness (QED) is 0.425. The van der Waals surface area contributed by atoms with Crippen LogP contribution in [0.1, 0.15) is 5.69 Å². The Hall–Kier alpha value is -2.99. The number of hydrogen-bond acceptors (Lipinski definition) is 9. The summed E-state index contributed by atoms with van der Waals surface area (Å²) in [6, 6.07) is -0.909. The number of aliphatic carboxylic acids is 1. The number of thiazole rings is 1. The number of nitrogens with one attached hydrogen (secondary N) is 1. The first-order valence-corrected chi connectivity index (χ1v) is 7.96. The zero-order valence-corrected chi connectivity index (χ0v) is 13.8. The average Bonchev–Trinajstić information content (AvgIpc) is 3.23. The van der Waals surface area contributed by atoms with Gasteiger partial charge in [-0.3, -0.25) is 9.59 Å². The van der Waals surface area contributed by atoms with Gasteiger partial charge >= 0.3 is 5.97 Å². The smallest absolute Gasteiger partial charge is 0.353 e. The van der Waals surface area contributed by atoms with Crippen molar-refractivity contribution in [3.8, 4) is 0 Å². The van der Waals surface area contributed by atoms with E-state index in [1.54, 1.807) is 0 Å². The maximum Gasteiger partial charge on any atom is 0.353 e. The van der Waals surface area contributed by atoms with Gasteiger partial charge in [-0.15, -0.1) is 11.3 Å². The summed E-state index contributed by atoms with van der Waals surface area (Å²) in [7, 11) is 1.27. The number of fused-ring (bicyclic) bond motifs is 1. The van der Waals surface area contributed by atoms with E-state index in [0.29, 0.717) is 0 Å². The molecule has 2 aliphatic heterocycles. The van der Waals surface area contributed by atoms with Crippen molar-refractivity contribution in [2.45, 2.75) is 6.04 Å². The lowest BCUT2D eigenvalue weighted by atomic mass is 10.2. The van der Waals surface area contributed by atoms with E-state index in [4.69, 9.17) is 10.8 Å². The van der Waals surface area contributed by atoms with Gasteiger partial charge in [-0.05, 0) is 6.08 Å². The van der Waals surface area contributed by atoms with Gasteiger partial charge in [0.1, 0.15) is 24.5 Å². The number of oxime groups is 1. The summed E-state index contributed by atoms with van der Waals surface area (Å²) in [5, 5.41) is 19.7. The molecule has 2 aliphatic rings. The maximum atomic E-state index is 12.5. The summed E-state index contributed by atoms with van der Waals surface area (Å²) in [6.45, 7) is 0.429. The third kappa shape index (κ3) is 3.04. The second-order valence-electron chi connectivity index (χ2n) is 5.14. The Labute approximate surface area is 145 Å². The largest absolute Gasteiger partial charge is 0.477 e. The van der Waals surface area contributed by atoms with Crippen molar-refractivity contribution >= 4 is 40.0 Å². The molecule has 1 saturated heterocycles. The Kier molecular flexibility index (Phi) is 4.37. The van der Waals surface area contributed by atoms with Crippen LogP contribution in [0.25, 0.3) is 0 Å². The number of anilines is 1. The molecule has 3 heterocycles. The number of carboxylic acids is 1.